The largest absolute Gasteiger partial charge is 0.461 e. The summed E-state index contributed by atoms with van der Waals surface area (Å²) in [6, 6.07) is 0.0302. The lowest BCUT2D eigenvalue weighted by atomic mass is 9.95. The molecule has 206 valence electrons. The van der Waals surface area contributed by atoms with Crippen molar-refractivity contribution in [3.05, 3.63) is 17.2 Å². The van der Waals surface area contributed by atoms with Crippen LogP contribution in [-0.2, 0) is 4.74 Å². The molecule has 1 spiro atoms. The van der Waals surface area contributed by atoms with Gasteiger partial charge in [-0.25, -0.2) is 18.6 Å². The van der Waals surface area contributed by atoms with Gasteiger partial charge in [-0.2, -0.15) is 9.97 Å². The molecule has 2 aromatic heterocycles. The second-order valence-electron chi connectivity index (χ2n) is 12.1. The van der Waals surface area contributed by atoms with E-state index >= 15 is 4.39 Å². The summed E-state index contributed by atoms with van der Waals surface area (Å²) in [7, 11) is 0. The van der Waals surface area contributed by atoms with Crippen LogP contribution in [0.3, 0.4) is 0 Å². The Morgan fingerprint density at radius 3 is 2.74 bits per heavy atom. The number of alkyl halides is 1. The summed E-state index contributed by atoms with van der Waals surface area (Å²) in [5.74, 6) is -0.231. The van der Waals surface area contributed by atoms with Crippen LogP contribution in [0.2, 0.25) is 5.15 Å². The Morgan fingerprint density at radius 2 is 2.00 bits per heavy atom. The second-order valence-corrected chi connectivity index (χ2v) is 12.5. The molecule has 0 unspecified atom stereocenters. The van der Waals surface area contributed by atoms with Crippen molar-refractivity contribution < 1.29 is 23.0 Å². The van der Waals surface area contributed by atoms with Gasteiger partial charge in [-0.3, -0.25) is 4.90 Å². The number of piperazine rings is 1. The molecule has 3 aliphatic heterocycles. The molecule has 38 heavy (non-hydrogen) atoms. The van der Waals surface area contributed by atoms with Crippen LogP contribution in [-0.4, -0.2) is 93.0 Å². The zero-order valence-electron chi connectivity index (χ0n) is 22.0. The molecule has 5 heterocycles. The average Bonchev–Trinajstić information content (AvgIpc) is 3.38. The van der Waals surface area contributed by atoms with Crippen LogP contribution >= 0.6 is 11.6 Å². The van der Waals surface area contributed by atoms with Crippen molar-refractivity contribution in [1.82, 2.24) is 24.8 Å². The summed E-state index contributed by atoms with van der Waals surface area (Å²) in [6.45, 7) is 8.41. The average molecular weight is 551 g/mol. The fourth-order valence-corrected chi connectivity index (χ4v) is 6.42. The number of aromatic nitrogens is 3. The summed E-state index contributed by atoms with van der Waals surface area (Å²) in [6.07, 6.45) is 4.20. The van der Waals surface area contributed by atoms with E-state index in [1.165, 1.54) is 6.20 Å². The fraction of sp³-hybridized carbons (Fsp3) is 0.692. The molecule has 12 heteroatoms. The van der Waals surface area contributed by atoms with Gasteiger partial charge in [0.2, 0.25) is 0 Å². The Hall–Kier alpha value is -2.53. The van der Waals surface area contributed by atoms with Crippen LogP contribution < -0.4 is 9.64 Å². The first-order valence-corrected chi connectivity index (χ1v) is 13.7. The van der Waals surface area contributed by atoms with Crippen molar-refractivity contribution in [2.24, 2.45) is 0 Å². The third kappa shape index (κ3) is 4.51. The number of hydrogen-bond donors (Lipinski definition) is 0. The predicted molar refractivity (Wildman–Crippen MR) is 138 cm³/mol. The molecule has 2 aromatic rings. The first kappa shape index (κ1) is 25.7. The van der Waals surface area contributed by atoms with Gasteiger partial charge in [0.15, 0.2) is 11.0 Å². The minimum absolute atomic E-state index is 0.0302. The maximum atomic E-state index is 15.2. The van der Waals surface area contributed by atoms with Crippen molar-refractivity contribution in [3.8, 4) is 6.01 Å². The molecule has 6 rings (SSSR count). The van der Waals surface area contributed by atoms with E-state index in [0.717, 1.165) is 32.2 Å². The number of amides is 1. The highest BCUT2D eigenvalue weighted by molar-refractivity contribution is 6.30. The van der Waals surface area contributed by atoms with Crippen LogP contribution in [0.15, 0.2) is 6.20 Å². The van der Waals surface area contributed by atoms with Crippen molar-refractivity contribution in [1.29, 1.82) is 0 Å². The number of pyridine rings is 1. The number of carbonyl (C=O) groups is 1. The van der Waals surface area contributed by atoms with Gasteiger partial charge in [0.25, 0.3) is 0 Å². The van der Waals surface area contributed by atoms with Gasteiger partial charge in [-0.1, -0.05) is 11.6 Å². The highest BCUT2D eigenvalue weighted by Gasteiger charge is 2.54. The summed E-state index contributed by atoms with van der Waals surface area (Å²) < 4.78 is 41.1. The van der Waals surface area contributed by atoms with E-state index in [1.807, 2.05) is 20.8 Å². The van der Waals surface area contributed by atoms with E-state index in [9.17, 15) is 9.18 Å². The topological polar surface area (TPSA) is 83.9 Å². The van der Waals surface area contributed by atoms with Crippen LogP contribution in [0.4, 0.5) is 19.4 Å². The lowest BCUT2D eigenvalue weighted by molar-refractivity contribution is 0.0205. The lowest BCUT2D eigenvalue weighted by Gasteiger charge is -2.43. The molecular weight excluding hydrogens is 518 g/mol. The van der Waals surface area contributed by atoms with Gasteiger partial charge in [0.05, 0.1) is 16.5 Å². The smallest absolute Gasteiger partial charge is 0.410 e. The number of hydrogen-bond acceptors (Lipinski definition) is 8. The van der Waals surface area contributed by atoms with Crippen molar-refractivity contribution >= 4 is 34.4 Å². The summed E-state index contributed by atoms with van der Waals surface area (Å²) in [5.41, 5.74) is -1.27. The van der Waals surface area contributed by atoms with E-state index in [-0.39, 0.29) is 40.5 Å². The number of ether oxygens (including phenoxy) is 2. The number of anilines is 1. The minimum atomic E-state index is -0.884. The maximum absolute atomic E-state index is 15.2. The second kappa shape index (κ2) is 9.01. The minimum Gasteiger partial charge on any atom is -0.461 e. The van der Waals surface area contributed by atoms with Gasteiger partial charge in [0, 0.05) is 38.8 Å². The highest BCUT2D eigenvalue weighted by Crippen LogP contribution is 2.48. The molecule has 0 N–H and O–H groups in total. The van der Waals surface area contributed by atoms with Gasteiger partial charge in [0.1, 0.15) is 29.7 Å². The lowest BCUT2D eigenvalue weighted by Crippen LogP contribution is -2.57. The van der Waals surface area contributed by atoms with Crippen LogP contribution in [0, 0.1) is 5.82 Å². The molecule has 4 fully saturated rings. The molecule has 1 saturated carbocycles. The number of fused-ring (bicyclic) bond motifs is 2. The summed E-state index contributed by atoms with van der Waals surface area (Å²) in [4.78, 5) is 31.9. The first-order chi connectivity index (χ1) is 18.0. The third-order valence-corrected chi connectivity index (χ3v) is 8.48. The van der Waals surface area contributed by atoms with Gasteiger partial charge >= 0.3 is 12.1 Å². The number of rotatable bonds is 4. The molecule has 2 atom stereocenters. The maximum Gasteiger partial charge on any atom is 0.410 e. The Kier molecular flexibility index (Phi) is 6.10. The van der Waals surface area contributed by atoms with E-state index in [4.69, 9.17) is 26.1 Å². The van der Waals surface area contributed by atoms with E-state index in [2.05, 4.69) is 19.8 Å². The molecule has 9 nitrogen and oxygen atoms in total. The SMILES string of the molecule is CC(C)(C)OC(=O)N1CCN(c2nc(OC[C@@]34CCCN3C[C@H](F)C4)nc3c(F)c(Cl)ncc23)C2(CC2)C1. The Balaban J connectivity index is 1.31. The van der Waals surface area contributed by atoms with Crippen molar-refractivity contribution in [2.45, 2.75) is 75.7 Å². The Morgan fingerprint density at radius 1 is 1.21 bits per heavy atom. The number of nitrogens with zero attached hydrogens (tertiary/aromatic N) is 6. The molecule has 4 aliphatic rings. The Labute approximate surface area is 225 Å². The first-order valence-electron chi connectivity index (χ1n) is 13.3. The summed E-state index contributed by atoms with van der Waals surface area (Å²) >= 11 is 6.01. The third-order valence-electron chi connectivity index (χ3n) is 8.22. The number of carbonyl (C=O) groups excluding carboxylic acids is 1. The Bertz CT molecular complexity index is 1270. The van der Waals surface area contributed by atoms with Crippen LogP contribution in [0.25, 0.3) is 10.9 Å². The monoisotopic (exact) mass is 550 g/mol. The molecule has 0 bridgehead atoms. The predicted octanol–water partition coefficient (Wildman–Crippen LogP) is 4.36. The molecule has 0 radical (unpaired) electrons. The zero-order valence-corrected chi connectivity index (χ0v) is 22.7. The van der Waals surface area contributed by atoms with E-state index in [1.54, 1.807) is 4.90 Å². The number of halogens is 3. The molecular formula is C26H33ClF2N6O3. The zero-order chi connectivity index (χ0) is 26.9. The quantitative estimate of drug-likeness (QED) is 0.519. The van der Waals surface area contributed by atoms with Gasteiger partial charge < -0.3 is 19.3 Å². The van der Waals surface area contributed by atoms with E-state index in [0.29, 0.717) is 43.8 Å². The highest BCUT2D eigenvalue weighted by atomic mass is 35.5. The van der Waals surface area contributed by atoms with Crippen molar-refractivity contribution in [2.75, 3.05) is 44.2 Å². The molecule has 1 amide bonds. The fourth-order valence-electron chi connectivity index (χ4n) is 6.28. The summed E-state index contributed by atoms with van der Waals surface area (Å²) in [5, 5.41) is 0.155. The van der Waals surface area contributed by atoms with Crippen LogP contribution in [0.5, 0.6) is 6.01 Å². The van der Waals surface area contributed by atoms with E-state index < -0.39 is 17.6 Å². The molecule has 1 aliphatic carbocycles. The van der Waals surface area contributed by atoms with Crippen LogP contribution in [0.1, 0.15) is 52.9 Å². The standard InChI is InChI=1S/C26H33ClF2N6O3/c1-24(2,3)38-23(36)33-9-10-35(25(14-33)6-7-25)21-17-12-30-20(27)18(29)19(17)31-22(32-21)37-15-26-5-4-8-34(26)13-16(28)11-26/h12,16H,4-11,13-15H2,1-3H3/t16-,26+/m1/s1. The van der Waals surface area contributed by atoms with Gasteiger partial charge in [-0.15, -0.1) is 0 Å². The van der Waals surface area contributed by atoms with Crippen molar-refractivity contribution in [3.63, 3.8) is 0 Å². The molecule has 0 aromatic carbocycles. The van der Waals surface area contributed by atoms with Gasteiger partial charge in [-0.05, 0) is 53.0 Å². The molecule has 3 saturated heterocycles. The normalized spacial score (nSPS) is 26.7.